The van der Waals surface area contributed by atoms with Crippen molar-refractivity contribution in [2.45, 2.75) is 18.0 Å². The average molecular weight is 445 g/mol. The zero-order chi connectivity index (χ0) is 22.2. The lowest BCUT2D eigenvalue weighted by atomic mass is 10.1. The van der Waals surface area contributed by atoms with Gasteiger partial charge in [0.15, 0.2) is 5.82 Å². The quantitative estimate of drug-likeness (QED) is 0.298. The predicted octanol–water partition coefficient (Wildman–Crippen LogP) is 5.72. The third-order valence-electron chi connectivity index (χ3n) is 4.63. The molecule has 0 saturated heterocycles. The second-order valence-corrected chi connectivity index (χ2v) is 7.95. The SMILES string of the molecule is CCSc1cc(-c2ccc(F)cc2)cnc1-n1ncc2ccc(C(F)(F)F)cc2c1=O. The first kappa shape index (κ1) is 21.0. The third kappa shape index (κ3) is 4.18. The highest BCUT2D eigenvalue weighted by Crippen LogP contribution is 2.31. The molecule has 0 unspecified atom stereocenters. The van der Waals surface area contributed by atoms with E-state index < -0.39 is 17.3 Å². The van der Waals surface area contributed by atoms with Crippen molar-refractivity contribution in [2.75, 3.05) is 5.75 Å². The van der Waals surface area contributed by atoms with Crippen LogP contribution in [0, 0.1) is 5.82 Å². The molecule has 0 fully saturated rings. The van der Waals surface area contributed by atoms with Gasteiger partial charge in [-0.2, -0.15) is 23.0 Å². The summed E-state index contributed by atoms with van der Waals surface area (Å²) in [6, 6.07) is 10.7. The maximum atomic E-state index is 13.2. The number of benzene rings is 2. The van der Waals surface area contributed by atoms with Crippen LogP contribution in [0.1, 0.15) is 12.5 Å². The Morgan fingerprint density at radius 2 is 1.74 bits per heavy atom. The molecule has 4 nitrogen and oxygen atoms in total. The van der Waals surface area contributed by atoms with E-state index in [0.717, 1.165) is 22.4 Å². The van der Waals surface area contributed by atoms with E-state index in [0.29, 0.717) is 21.6 Å². The van der Waals surface area contributed by atoms with Gasteiger partial charge in [-0.3, -0.25) is 4.79 Å². The van der Waals surface area contributed by atoms with Crippen molar-refractivity contribution in [1.29, 1.82) is 0 Å². The Morgan fingerprint density at radius 1 is 1.00 bits per heavy atom. The Kier molecular flexibility index (Phi) is 5.53. The van der Waals surface area contributed by atoms with Crippen molar-refractivity contribution in [3.63, 3.8) is 0 Å². The minimum Gasteiger partial charge on any atom is -0.267 e. The highest BCUT2D eigenvalue weighted by molar-refractivity contribution is 7.99. The molecule has 2 heterocycles. The standard InChI is InChI=1S/C22H15F4N3OS/c1-2-31-19-9-15(13-4-7-17(23)8-5-13)11-27-20(19)29-21(30)18-10-16(22(24,25)26)6-3-14(18)12-28-29/h3-12H,2H2,1H3. The lowest BCUT2D eigenvalue weighted by Gasteiger charge is -2.12. The Labute approximate surface area is 178 Å². The molecule has 0 aliphatic rings. The molecule has 0 atom stereocenters. The molecule has 2 aromatic heterocycles. The molecule has 0 bridgehead atoms. The van der Waals surface area contributed by atoms with E-state index in [1.54, 1.807) is 18.2 Å². The summed E-state index contributed by atoms with van der Waals surface area (Å²) in [7, 11) is 0. The average Bonchev–Trinajstić information content (AvgIpc) is 2.74. The monoisotopic (exact) mass is 445 g/mol. The van der Waals surface area contributed by atoms with Crippen molar-refractivity contribution < 1.29 is 17.6 Å². The van der Waals surface area contributed by atoms with Crippen molar-refractivity contribution in [3.05, 3.63) is 82.7 Å². The first-order chi connectivity index (χ1) is 14.8. The van der Waals surface area contributed by atoms with Crippen molar-refractivity contribution in [1.82, 2.24) is 14.8 Å². The molecule has 0 N–H and O–H groups in total. The van der Waals surface area contributed by atoms with Gasteiger partial charge in [0.2, 0.25) is 0 Å². The summed E-state index contributed by atoms with van der Waals surface area (Å²) in [6.07, 6.45) is -1.70. The number of thioether (sulfide) groups is 1. The van der Waals surface area contributed by atoms with E-state index in [1.807, 2.05) is 6.92 Å². The van der Waals surface area contributed by atoms with Gasteiger partial charge in [0, 0.05) is 17.1 Å². The number of nitrogens with zero attached hydrogens (tertiary/aromatic N) is 3. The van der Waals surface area contributed by atoms with Crippen LogP contribution in [0.3, 0.4) is 0 Å². The van der Waals surface area contributed by atoms with Crippen LogP contribution in [0.25, 0.3) is 27.7 Å². The number of fused-ring (bicyclic) bond motifs is 1. The van der Waals surface area contributed by atoms with Gasteiger partial charge in [-0.25, -0.2) is 9.37 Å². The van der Waals surface area contributed by atoms with Crippen LogP contribution in [0.4, 0.5) is 17.6 Å². The summed E-state index contributed by atoms with van der Waals surface area (Å²) in [6.45, 7) is 1.92. The highest BCUT2D eigenvalue weighted by atomic mass is 32.2. The van der Waals surface area contributed by atoms with Crippen molar-refractivity contribution in [2.24, 2.45) is 0 Å². The number of pyridine rings is 1. The van der Waals surface area contributed by atoms with Crippen molar-refractivity contribution >= 4 is 22.5 Å². The second kappa shape index (κ2) is 8.14. The molecule has 0 aliphatic carbocycles. The van der Waals surface area contributed by atoms with Gasteiger partial charge in [-0.05, 0) is 41.6 Å². The lowest BCUT2D eigenvalue weighted by Crippen LogP contribution is -2.23. The molecule has 2 aromatic carbocycles. The van der Waals surface area contributed by atoms with Crippen LogP contribution in [-0.2, 0) is 6.18 Å². The number of hydrogen-bond donors (Lipinski definition) is 0. The molecule has 0 aliphatic heterocycles. The molecule has 0 spiro atoms. The summed E-state index contributed by atoms with van der Waals surface area (Å²) in [4.78, 5) is 18.0. The maximum Gasteiger partial charge on any atom is 0.416 e. The summed E-state index contributed by atoms with van der Waals surface area (Å²) in [5.74, 6) is 0.533. The fraction of sp³-hybridized carbons (Fsp3) is 0.136. The van der Waals surface area contributed by atoms with Crippen LogP contribution in [0.5, 0.6) is 0 Å². The van der Waals surface area contributed by atoms with E-state index in [-0.39, 0.29) is 17.0 Å². The predicted molar refractivity (Wildman–Crippen MR) is 112 cm³/mol. The zero-order valence-corrected chi connectivity index (χ0v) is 17.0. The van der Waals surface area contributed by atoms with Gasteiger partial charge in [0.25, 0.3) is 5.56 Å². The van der Waals surface area contributed by atoms with E-state index in [1.165, 1.54) is 42.4 Å². The first-order valence-electron chi connectivity index (χ1n) is 9.26. The van der Waals surface area contributed by atoms with E-state index in [9.17, 15) is 22.4 Å². The molecular weight excluding hydrogens is 430 g/mol. The minimum absolute atomic E-state index is 0.0957. The largest absolute Gasteiger partial charge is 0.416 e. The molecule has 31 heavy (non-hydrogen) atoms. The summed E-state index contributed by atoms with van der Waals surface area (Å²) in [5, 5.41) is 4.33. The van der Waals surface area contributed by atoms with E-state index in [4.69, 9.17) is 0 Å². The molecule has 0 amide bonds. The van der Waals surface area contributed by atoms with E-state index >= 15 is 0 Å². The molecule has 4 aromatic rings. The molecule has 9 heteroatoms. The van der Waals surface area contributed by atoms with Crippen LogP contribution in [0.15, 0.2) is 70.6 Å². The minimum atomic E-state index is -4.56. The Morgan fingerprint density at radius 3 is 2.42 bits per heavy atom. The number of hydrogen-bond acceptors (Lipinski definition) is 4. The Hall–Kier alpha value is -3.20. The highest BCUT2D eigenvalue weighted by Gasteiger charge is 2.30. The molecule has 4 rings (SSSR count). The topological polar surface area (TPSA) is 47.8 Å². The summed E-state index contributed by atoms with van der Waals surface area (Å²) < 4.78 is 53.5. The molecule has 158 valence electrons. The maximum absolute atomic E-state index is 13.2. The Balaban J connectivity index is 1.87. The Bertz CT molecular complexity index is 1320. The van der Waals surface area contributed by atoms with Gasteiger partial charge in [0.05, 0.1) is 22.0 Å². The van der Waals surface area contributed by atoms with Crippen LogP contribution in [0.2, 0.25) is 0 Å². The fourth-order valence-electron chi connectivity index (χ4n) is 3.13. The van der Waals surface area contributed by atoms with Crippen LogP contribution >= 0.6 is 11.8 Å². The van der Waals surface area contributed by atoms with Crippen LogP contribution in [-0.4, -0.2) is 20.5 Å². The first-order valence-corrected chi connectivity index (χ1v) is 10.2. The number of alkyl halides is 3. The fourth-order valence-corrected chi connectivity index (χ4v) is 3.92. The normalized spacial score (nSPS) is 11.8. The van der Waals surface area contributed by atoms with E-state index in [2.05, 4.69) is 10.1 Å². The zero-order valence-electron chi connectivity index (χ0n) is 16.2. The third-order valence-corrected chi connectivity index (χ3v) is 5.53. The lowest BCUT2D eigenvalue weighted by molar-refractivity contribution is -0.137. The second-order valence-electron chi connectivity index (χ2n) is 6.65. The summed E-state index contributed by atoms with van der Waals surface area (Å²) >= 11 is 1.41. The van der Waals surface area contributed by atoms with Gasteiger partial charge in [-0.15, -0.1) is 11.8 Å². The molecule has 0 saturated carbocycles. The molecule has 0 radical (unpaired) electrons. The summed E-state index contributed by atoms with van der Waals surface area (Å²) in [5.41, 5.74) is -0.138. The smallest absolute Gasteiger partial charge is 0.267 e. The number of aromatic nitrogens is 3. The van der Waals surface area contributed by atoms with Gasteiger partial charge < -0.3 is 0 Å². The number of rotatable bonds is 4. The van der Waals surface area contributed by atoms with Gasteiger partial charge in [-0.1, -0.05) is 25.1 Å². The van der Waals surface area contributed by atoms with Crippen molar-refractivity contribution in [3.8, 4) is 16.9 Å². The number of halogens is 4. The van der Waals surface area contributed by atoms with Gasteiger partial charge >= 0.3 is 6.18 Å². The van der Waals surface area contributed by atoms with Gasteiger partial charge in [0.1, 0.15) is 5.82 Å². The molecular formula is C22H15F4N3OS. The van der Waals surface area contributed by atoms with Crippen LogP contribution < -0.4 is 5.56 Å².